The number of ether oxygens (including phenoxy) is 1. The van der Waals surface area contributed by atoms with Gasteiger partial charge in [-0.2, -0.15) is 0 Å². The zero-order valence-corrected chi connectivity index (χ0v) is 14.8. The summed E-state index contributed by atoms with van der Waals surface area (Å²) >= 11 is 0. The van der Waals surface area contributed by atoms with E-state index in [1.54, 1.807) is 7.11 Å². The first kappa shape index (κ1) is 17.7. The molecule has 2 N–H and O–H groups in total. The van der Waals surface area contributed by atoms with Crippen LogP contribution < -0.4 is 15.4 Å². The van der Waals surface area contributed by atoms with Gasteiger partial charge in [0.2, 0.25) is 11.8 Å². The maximum atomic E-state index is 12.6. The van der Waals surface area contributed by atoms with Crippen LogP contribution >= 0.6 is 0 Å². The number of carbonyl (C=O) groups excluding carboxylic acids is 2. The summed E-state index contributed by atoms with van der Waals surface area (Å²) in [7, 11) is 1.61. The zero-order valence-electron chi connectivity index (χ0n) is 14.8. The third-order valence-corrected chi connectivity index (χ3v) is 5.09. The molecule has 2 amide bonds. The van der Waals surface area contributed by atoms with E-state index in [9.17, 15) is 9.59 Å². The molecule has 0 aromatic heterocycles. The molecule has 1 saturated heterocycles. The number of benzene rings is 1. The standard InChI is InChI=1S/C19H27N3O3/c1-25-16-10-8-15(9-11-16)21-19(24)17-7-4-12-22(17)13-18(23)20-14-5-2-3-6-14/h8-11,14,17H,2-7,12-13H2,1H3,(H,20,23)(H,21,24)/t17-/m1/s1. The molecule has 1 atom stereocenters. The molecule has 6 heteroatoms. The first-order chi connectivity index (χ1) is 12.2. The number of methoxy groups -OCH3 is 1. The van der Waals surface area contributed by atoms with Gasteiger partial charge in [0.1, 0.15) is 5.75 Å². The number of anilines is 1. The fourth-order valence-corrected chi connectivity index (χ4v) is 3.74. The van der Waals surface area contributed by atoms with Crippen molar-refractivity contribution in [3.63, 3.8) is 0 Å². The van der Waals surface area contributed by atoms with Crippen LogP contribution in [0.3, 0.4) is 0 Å². The summed E-state index contributed by atoms with van der Waals surface area (Å²) in [6, 6.07) is 7.36. The zero-order chi connectivity index (χ0) is 17.6. The van der Waals surface area contributed by atoms with Crippen molar-refractivity contribution in [2.45, 2.75) is 50.6 Å². The topological polar surface area (TPSA) is 70.7 Å². The highest BCUT2D eigenvalue weighted by atomic mass is 16.5. The lowest BCUT2D eigenvalue weighted by Gasteiger charge is -2.24. The first-order valence-corrected chi connectivity index (χ1v) is 9.14. The van der Waals surface area contributed by atoms with Crippen molar-refractivity contribution in [3.05, 3.63) is 24.3 Å². The second-order valence-electron chi connectivity index (χ2n) is 6.90. The minimum absolute atomic E-state index is 0.0380. The summed E-state index contributed by atoms with van der Waals surface area (Å²) in [5, 5.41) is 6.05. The molecule has 0 radical (unpaired) electrons. The summed E-state index contributed by atoms with van der Waals surface area (Å²) < 4.78 is 5.12. The molecule has 3 rings (SSSR count). The molecule has 1 aromatic carbocycles. The number of rotatable bonds is 6. The number of amides is 2. The predicted molar refractivity (Wildman–Crippen MR) is 96.6 cm³/mol. The number of hydrogen-bond acceptors (Lipinski definition) is 4. The van der Waals surface area contributed by atoms with Gasteiger partial charge in [-0.1, -0.05) is 12.8 Å². The Morgan fingerprint density at radius 1 is 1.12 bits per heavy atom. The van der Waals surface area contributed by atoms with Gasteiger partial charge in [-0.05, 0) is 56.5 Å². The lowest BCUT2D eigenvalue weighted by molar-refractivity contribution is -0.125. The Morgan fingerprint density at radius 3 is 2.52 bits per heavy atom. The molecule has 25 heavy (non-hydrogen) atoms. The number of nitrogens with one attached hydrogen (secondary N) is 2. The Bertz CT molecular complexity index is 596. The molecule has 0 bridgehead atoms. The van der Waals surface area contributed by atoms with Crippen LogP contribution in [0.15, 0.2) is 24.3 Å². The average molecular weight is 345 g/mol. The highest BCUT2D eigenvalue weighted by molar-refractivity contribution is 5.95. The Kier molecular flexibility index (Phi) is 5.91. The van der Waals surface area contributed by atoms with Crippen molar-refractivity contribution in [1.29, 1.82) is 0 Å². The Balaban J connectivity index is 1.52. The third-order valence-electron chi connectivity index (χ3n) is 5.09. The Labute approximate surface area is 148 Å². The van der Waals surface area contributed by atoms with Crippen molar-refractivity contribution in [2.75, 3.05) is 25.5 Å². The summed E-state index contributed by atoms with van der Waals surface area (Å²) in [5.74, 6) is 0.747. The molecular formula is C19H27N3O3. The minimum Gasteiger partial charge on any atom is -0.497 e. The van der Waals surface area contributed by atoms with Gasteiger partial charge < -0.3 is 15.4 Å². The summed E-state index contributed by atoms with van der Waals surface area (Å²) in [4.78, 5) is 26.8. The minimum atomic E-state index is -0.239. The van der Waals surface area contributed by atoms with Crippen molar-refractivity contribution in [1.82, 2.24) is 10.2 Å². The van der Waals surface area contributed by atoms with E-state index in [2.05, 4.69) is 10.6 Å². The largest absolute Gasteiger partial charge is 0.497 e. The predicted octanol–water partition coefficient (Wildman–Crippen LogP) is 2.16. The van der Waals surface area contributed by atoms with E-state index in [1.165, 1.54) is 12.8 Å². The van der Waals surface area contributed by atoms with Gasteiger partial charge in [-0.3, -0.25) is 14.5 Å². The number of nitrogens with zero attached hydrogens (tertiary/aromatic N) is 1. The van der Waals surface area contributed by atoms with E-state index < -0.39 is 0 Å². The number of likely N-dealkylation sites (tertiary alicyclic amines) is 1. The van der Waals surface area contributed by atoms with Crippen LogP contribution in [0.4, 0.5) is 5.69 Å². The van der Waals surface area contributed by atoms with Crippen LogP contribution in [0.5, 0.6) is 5.75 Å². The SMILES string of the molecule is COc1ccc(NC(=O)[C@H]2CCCN2CC(=O)NC2CCCC2)cc1. The van der Waals surface area contributed by atoms with E-state index in [0.29, 0.717) is 12.6 Å². The van der Waals surface area contributed by atoms with Gasteiger partial charge in [0.25, 0.3) is 0 Å². The fourth-order valence-electron chi connectivity index (χ4n) is 3.74. The number of hydrogen-bond donors (Lipinski definition) is 2. The summed E-state index contributed by atoms with van der Waals surface area (Å²) in [6.07, 6.45) is 6.28. The smallest absolute Gasteiger partial charge is 0.241 e. The van der Waals surface area contributed by atoms with Crippen LogP contribution in [0.2, 0.25) is 0 Å². The summed E-state index contributed by atoms with van der Waals surface area (Å²) in [5.41, 5.74) is 0.744. The van der Waals surface area contributed by atoms with E-state index in [4.69, 9.17) is 4.74 Å². The Morgan fingerprint density at radius 2 is 1.84 bits per heavy atom. The molecule has 0 unspecified atom stereocenters. The second kappa shape index (κ2) is 8.34. The highest BCUT2D eigenvalue weighted by Crippen LogP contribution is 2.21. The Hall–Kier alpha value is -2.08. The van der Waals surface area contributed by atoms with Crippen LogP contribution in [-0.4, -0.2) is 49.0 Å². The maximum absolute atomic E-state index is 12.6. The van der Waals surface area contributed by atoms with E-state index >= 15 is 0 Å². The second-order valence-corrected chi connectivity index (χ2v) is 6.90. The van der Waals surface area contributed by atoms with Crippen LogP contribution in [0, 0.1) is 0 Å². The van der Waals surface area contributed by atoms with E-state index in [1.807, 2.05) is 29.2 Å². The molecule has 2 fully saturated rings. The quantitative estimate of drug-likeness (QED) is 0.829. The van der Waals surface area contributed by atoms with Crippen molar-refractivity contribution >= 4 is 17.5 Å². The molecule has 2 aliphatic rings. The molecule has 1 aliphatic heterocycles. The molecular weight excluding hydrogens is 318 g/mol. The molecule has 1 saturated carbocycles. The normalized spacial score (nSPS) is 21.2. The lowest BCUT2D eigenvalue weighted by Crippen LogP contribution is -2.46. The first-order valence-electron chi connectivity index (χ1n) is 9.14. The van der Waals surface area contributed by atoms with Gasteiger partial charge in [0.15, 0.2) is 0 Å². The molecule has 1 aromatic rings. The summed E-state index contributed by atoms with van der Waals surface area (Å²) in [6.45, 7) is 1.09. The molecule has 1 heterocycles. The van der Waals surface area contributed by atoms with Gasteiger partial charge in [-0.15, -0.1) is 0 Å². The van der Waals surface area contributed by atoms with Crippen molar-refractivity contribution in [3.8, 4) is 5.75 Å². The van der Waals surface area contributed by atoms with Gasteiger partial charge in [0, 0.05) is 11.7 Å². The van der Waals surface area contributed by atoms with Gasteiger partial charge in [0.05, 0.1) is 19.7 Å². The lowest BCUT2D eigenvalue weighted by atomic mass is 10.2. The molecule has 6 nitrogen and oxygen atoms in total. The van der Waals surface area contributed by atoms with Crippen LogP contribution in [0.1, 0.15) is 38.5 Å². The molecule has 136 valence electrons. The van der Waals surface area contributed by atoms with Gasteiger partial charge >= 0.3 is 0 Å². The highest BCUT2D eigenvalue weighted by Gasteiger charge is 2.32. The fraction of sp³-hybridized carbons (Fsp3) is 0.579. The average Bonchev–Trinajstić information content (AvgIpc) is 3.27. The van der Waals surface area contributed by atoms with Crippen LogP contribution in [-0.2, 0) is 9.59 Å². The van der Waals surface area contributed by atoms with Crippen molar-refractivity contribution < 1.29 is 14.3 Å². The monoisotopic (exact) mass is 345 g/mol. The van der Waals surface area contributed by atoms with E-state index in [0.717, 1.165) is 43.7 Å². The number of carbonyl (C=O) groups is 2. The molecule has 0 spiro atoms. The van der Waals surface area contributed by atoms with Gasteiger partial charge in [-0.25, -0.2) is 0 Å². The third kappa shape index (κ3) is 4.72. The van der Waals surface area contributed by atoms with Crippen molar-refractivity contribution in [2.24, 2.45) is 0 Å². The molecule has 1 aliphatic carbocycles. The maximum Gasteiger partial charge on any atom is 0.241 e. The van der Waals surface area contributed by atoms with Crippen LogP contribution in [0.25, 0.3) is 0 Å². The van der Waals surface area contributed by atoms with E-state index in [-0.39, 0.29) is 17.9 Å².